The predicted molar refractivity (Wildman–Crippen MR) is 164 cm³/mol. The lowest BCUT2D eigenvalue weighted by Crippen LogP contribution is -2.73. The fourth-order valence-electron chi connectivity index (χ4n) is 7.29. The van der Waals surface area contributed by atoms with E-state index in [9.17, 15) is 33.9 Å². The predicted octanol–water partition coefficient (Wildman–Crippen LogP) is 1.72. The molecule has 0 bridgehead atoms. The van der Waals surface area contributed by atoms with Crippen molar-refractivity contribution >= 4 is 35.6 Å². The van der Waals surface area contributed by atoms with E-state index in [-0.39, 0.29) is 38.8 Å². The molecule has 46 heavy (non-hydrogen) atoms. The van der Waals surface area contributed by atoms with Gasteiger partial charge in [0.1, 0.15) is 12.1 Å². The van der Waals surface area contributed by atoms with Crippen molar-refractivity contribution in [2.75, 3.05) is 26.8 Å². The fourth-order valence-corrected chi connectivity index (χ4v) is 7.29. The van der Waals surface area contributed by atoms with Gasteiger partial charge in [-0.3, -0.25) is 28.9 Å². The van der Waals surface area contributed by atoms with Gasteiger partial charge in [-0.1, -0.05) is 73.2 Å². The number of imide groups is 2. The average molecular weight is 631 g/mol. The van der Waals surface area contributed by atoms with Crippen molar-refractivity contribution in [2.45, 2.75) is 44.7 Å². The molecule has 2 aromatic rings. The van der Waals surface area contributed by atoms with Gasteiger partial charge < -0.3 is 20.5 Å². The van der Waals surface area contributed by atoms with Crippen LogP contribution in [-0.4, -0.2) is 82.9 Å². The highest BCUT2D eigenvalue weighted by atomic mass is 16.5. The largest absolute Gasteiger partial charge is 0.468 e. The SMILES string of the molecule is CCC1=C2CC[C@H]3C(=O)N(CC(=O)OC)C(=O)[C@H]3[C@H]2[C@@](Cc2ccccc2)(C(=O)NCc2ccccc2)N(C(=O)NCCO)C1=O. The minimum Gasteiger partial charge on any atom is -0.468 e. The van der Waals surface area contributed by atoms with Crippen LogP contribution in [-0.2, 0) is 41.7 Å². The second-order valence-electron chi connectivity index (χ2n) is 11.7. The minimum absolute atomic E-state index is 0.0678. The molecule has 2 fully saturated rings. The molecule has 0 unspecified atom stereocenters. The molecular weight excluding hydrogens is 592 g/mol. The molecule has 2 aromatic carbocycles. The summed E-state index contributed by atoms with van der Waals surface area (Å²) in [6.07, 6.45) is 0.548. The van der Waals surface area contributed by atoms with E-state index in [1.807, 2.05) is 30.3 Å². The van der Waals surface area contributed by atoms with Crippen LogP contribution in [0.2, 0.25) is 0 Å². The lowest BCUT2D eigenvalue weighted by atomic mass is 9.57. The molecule has 5 rings (SSSR count). The number of aliphatic hydroxyl groups is 1. The summed E-state index contributed by atoms with van der Waals surface area (Å²) in [6.45, 7) is 0.648. The molecule has 6 amide bonds. The third kappa shape index (κ3) is 5.68. The Balaban J connectivity index is 1.75. The van der Waals surface area contributed by atoms with Crippen LogP contribution in [0.15, 0.2) is 71.8 Å². The van der Waals surface area contributed by atoms with E-state index >= 15 is 0 Å². The van der Waals surface area contributed by atoms with Gasteiger partial charge in [0, 0.05) is 31.0 Å². The quantitative estimate of drug-likeness (QED) is 0.264. The van der Waals surface area contributed by atoms with Crippen molar-refractivity contribution in [3.05, 3.63) is 82.9 Å². The maximum absolute atomic E-state index is 14.9. The van der Waals surface area contributed by atoms with Crippen LogP contribution >= 0.6 is 0 Å². The normalized spacial score (nSPS) is 24.0. The van der Waals surface area contributed by atoms with Crippen LogP contribution in [0.3, 0.4) is 0 Å². The van der Waals surface area contributed by atoms with Crippen molar-refractivity contribution < 1.29 is 38.6 Å². The summed E-state index contributed by atoms with van der Waals surface area (Å²) >= 11 is 0. The Labute approximate surface area is 266 Å². The molecule has 2 aliphatic heterocycles. The fraction of sp³-hybridized carbons (Fsp3) is 0.412. The number of aliphatic hydroxyl groups excluding tert-OH is 1. The van der Waals surface area contributed by atoms with Crippen LogP contribution in [0, 0.1) is 17.8 Å². The van der Waals surface area contributed by atoms with Gasteiger partial charge in [-0.25, -0.2) is 9.69 Å². The van der Waals surface area contributed by atoms with E-state index in [4.69, 9.17) is 4.74 Å². The van der Waals surface area contributed by atoms with E-state index in [1.54, 1.807) is 37.3 Å². The molecule has 12 heteroatoms. The van der Waals surface area contributed by atoms with Gasteiger partial charge in [-0.15, -0.1) is 0 Å². The molecule has 1 saturated heterocycles. The van der Waals surface area contributed by atoms with Crippen LogP contribution < -0.4 is 10.6 Å². The molecule has 1 saturated carbocycles. The van der Waals surface area contributed by atoms with Crippen LogP contribution in [0.1, 0.15) is 37.3 Å². The monoisotopic (exact) mass is 630 g/mol. The van der Waals surface area contributed by atoms with Gasteiger partial charge in [-0.2, -0.15) is 0 Å². The summed E-state index contributed by atoms with van der Waals surface area (Å²) in [5, 5.41) is 15.0. The van der Waals surface area contributed by atoms with E-state index < -0.39 is 72.1 Å². The van der Waals surface area contributed by atoms with Gasteiger partial charge >= 0.3 is 12.0 Å². The Morgan fingerprint density at radius 3 is 2.22 bits per heavy atom. The smallest absolute Gasteiger partial charge is 0.325 e. The summed E-state index contributed by atoms with van der Waals surface area (Å²) < 4.78 is 4.75. The van der Waals surface area contributed by atoms with Crippen LogP contribution in [0.25, 0.3) is 0 Å². The zero-order valence-electron chi connectivity index (χ0n) is 25.9. The molecule has 3 aliphatic rings. The van der Waals surface area contributed by atoms with Crippen LogP contribution in [0.5, 0.6) is 0 Å². The third-order valence-corrected chi connectivity index (χ3v) is 9.25. The minimum atomic E-state index is -2.00. The number of hydrogen-bond acceptors (Lipinski definition) is 8. The Bertz CT molecular complexity index is 1560. The summed E-state index contributed by atoms with van der Waals surface area (Å²) in [7, 11) is 1.16. The molecule has 0 aromatic heterocycles. The number of likely N-dealkylation sites (tertiary alicyclic amines) is 1. The number of ether oxygens (including phenoxy) is 1. The van der Waals surface area contributed by atoms with Crippen molar-refractivity contribution in [1.29, 1.82) is 0 Å². The number of hydrogen-bond donors (Lipinski definition) is 3. The second-order valence-corrected chi connectivity index (χ2v) is 11.7. The zero-order chi connectivity index (χ0) is 33.0. The first-order valence-corrected chi connectivity index (χ1v) is 15.4. The second kappa shape index (κ2) is 13.7. The number of rotatable bonds is 10. The van der Waals surface area contributed by atoms with Gasteiger partial charge in [0.05, 0.1) is 25.6 Å². The number of methoxy groups -OCH3 is 1. The molecule has 12 nitrogen and oxygen atoms in total. The van der Waals surface area contributed by atoms with Gasteiger partial charge in [0.15, 0.2) is 0 Å². The molecule has 0 spiro atoms. The molecule has 4 atom stereocenters. The number of urea groups is 1. The molecule has 242 valence electrons. The van der Waals surface area contributed by atoms with Crippen molar-refractivity contribution in [1.82, 2.24) is 20.4 Å². The summed E-state index contributed by atoms with van der Waals surface area (Å²) in [5.41, 5.74) is 0.254. The topological polar surface area (TPSA) is 162 Å². The number of amides is 6. The Hall–Kier alpha value is -4.84. The average Bonchev–Trinajstić information content (AvgIpc) is 3.31. The molecular formula is C34H38N4O8. The number of carbonyl (C=O) groups is 6. The summed E-state index contributed by atoms with van der Waals surface area (Å²) in [6, 6.07) is 17.1. The molecule has 0 radical (unpaired) electrons. The number of benzene rings is 2. The maximum atomic E-state index is 14.9. The highest BCUT2D eigenvalue weighted by Gasteiger charge is 2.67. The molecule has 1 aliphatic carbocycles. The van der Waals surface area contributed by atoms with E-state index in [2.05, 4.69) is 10.6 Å². The first kappa shape index (κ1) is 32.6. The van der Waals surface area contributed by atoms with Crippen molar-refractivity contribution in [2.24, 2.45) is 17.8 Å². The van der Waals surface area contributed by atoms with Gasteiger partial charge in [-0.05, 0) is 30.4 Å². The van der Waals surface area contributed by atoms with Crippen molar-refractivity contribution in [3.8, 4) is 0 Å². The first-order valence-electron chi connectivity index (χ1n) is 15.4. The number of esters is 1. The van der Waals surface area contributed by atoms with Gasteiger partial charge in [0.2, 0.25) is 17.7 Å². The number of carbonyl (C=O) groups excluding carboxylic acids is 6. The first-order chi connectivity index (χ1) is 22.2. The molecule has 3 N–H and O–H groups in total. The van der Waals surface area contributed by atoms with E-state index in [1.165, 1.54) is 0 Å². The van der Waals surface area contributed by atoms with E-state index in [0.717, 1.165) is 22.5 Å². The lowest BCUT2D eigenvalue weighted by Gasteiger charge is -2.54. The van der Waals surface area contributed by atoms with Gasteiger partial charge in [0.25, 0.3) is 5.91 Å². The lowest BCUT2D eigenvalue weighted by molar-refractivity contribution is -0.153. The van der Waals surface area contributed by atoms with Crippen LogP contribution in [0.4, 0.5) is 4.79 Å². The highest BCUT2D eigenvalue weighted by molar-refractivity contribution is 6.13. The Morgan fingerprint density at radius 1 is 0.957 bits per heavy atom. The summed E-state index contributed by atoms with van der Waals surface area (Å²) in [5.74, 6) is -6.40. The maximum Gasteiger partial charge on any atom is 0.325 e. The highest BCUT2D eigenvalue weighted by Crippen LogP contribution is 2.55. The summed E-state index contributed by atoms with van der Waals surface area (Å²) in [4.78, 5) is 85.3. The van der Waals surface area contributed by atoms with Crippen molar-refractivity contribution in [3.63, 3.8) is 0 Å². The number of fused-ring (bicyclic) bond motifs is 3. The zero-order valence-corrected chi connectivity index (χ0v) is 25.9. The molecule has 2 heterocycles. The Kier molecular flexibility index (Phi) is 9.66. The third-order valence-electron chi connectivity index (χ3n) is 9.25. The standard InChI is InChI=1S/C34H38N4O8/c1-3-23-24-14-15-25-27(31(43)37(29(25)41)20-26(40)46-2)28(24)34(18-21-10-6-4-7-11-21,38(30(23)42)33(45)35-16-17-39)32(44)36-19-22-12-8-5-9-13-22/h4-13,25,27-28,39H,3,14-20H2,1-2H3,(H,35,45)(H,36,44)/t25-,27-,28+,34+/m1/s1. The number of nitrogens with one attached hydrogen (secondary N) is 2. The van der Waals surface area contributed by atoms with E-state index in [0.29, 0.717) is 16.7 Å². The number of nitrogens with zero attached hydrogens (tertiary/aromatic N) is 2. The Morgan fingerprint density at radius 2 is 1.61 bits per heavy atom.